The van der Waals surface area contributed by atoms with Crippen LogP contribution in [0.1, 0.15) is 19.3 Å². The summed E-state index contributed by atoms with van der Waals surface area (Å²) in [6, 6.07) is 0. The molecule has 2 rings (SSSR count). The fraction of sp³-hybridized carbons (Fsp3) is 0.700. The molecule has 3 unspecified atom stereocenters. The molecule has 1 aliphatic rings. The summed E-state index contributed by atoms with van der Waals surface area (Å²) in [6.07, 6.45) is 6.80. The summed E-state index contributed by atoms with van der Waals surface area (Å²) in [4.78, 5) is 3.97. The second-order valence-electron chi connectivity index (χ2n) is 4.07. The number of hydrogen-bond acceptors (Lipinski definition) is 3. The van der Waals surface area contributed by atoms with Crippen molar-refractivity contribution in [1.82, 2.24) is 9.55 Å². The van der Waals surface area contributed by atoms with Crippen LogP contribution in [0, 0.1) is 5.92 Å². The molecule has 0 radical (unpaired) electrons. The summed E-state index contributed by atoms with van der Waals surface area (Å²) in [6.45, 7) is 0.893. The zero-order valence-corrected chi connectivity index (χ0v) is 8.08. The molecule has 1 aliphatic carbocycles. The first kappa shape index (κ1) is 9.68. The Morgan fingerprint density at radius 3 is 2.79 bits per heavy atom. The lowest BCUT2D eigenvalue weighted by Crippen LogP contribution is -2.34. The topological polar surface area (TPSA) is 58.3 Å². The molecule has 78 valence electrons. The Kier molecular flexibility index (Phi) is 2.84. The minimum absolute atomic E-state index is 0.461. The number of aliphatic hydroxyl groups is 2. The van der Waals surface area contributed by atoms with Crippen molar-refractivity contribution in [3.05, 3.63) is 18.7 Å². The van der Waals surface area contributed by atoms with Gasteiger partial charge in [-0.05, 0) is 25.2 Å². The molecule has 2 N–H and O–H groups in total. The molecule has 0 bridgehead atoms. The lowest BCUT2D eigenvalue weighted by molar-refractivity contribution is -0.0276. The van der Waals surface area contributed by atoms with Crippen LogP contribution in [0.4, 0.5) is 0 Å². The van der Waals surface area contributed by atoms with E-state index in [1.807, 2.05) is 10.8 Å². The highest BCUT2D eigenvalue weighted by atomic mass is 16.3. The minimum atomic E-state index is -0.544. The average molecular weight is 196 g/mol. The van der Waals surface area contributed by atoms with Gasteiger partial charge in [0.15, 0.2) is 0 Å². The Labute approximate surface area is 83.2 Å². The van der Waals surface area contributed by atoms with Crippen molar-refractivity contribution < 1.29 is 10.2 Å². The third-order valence-corrected chi connectivity index (χ3v) is 2.92. The van der Waals surface area contributed by atoms with Crippen molar-refractivity contribution >= 4 is 0 Å². The second kappa shape index (κ2) is 4.11. The predicted octanol–water partition coefficient (Wildman–Crippen LogP) is 0.405. The van der Waals surface area contributed by atoms with Crippen LogP contribution in [-0.4, -0.2) is 32.0 Å². The summed E-state index contributed by atoms with van der Waals surface area (Å²) >= 11 is 0. The molecule has 4 heteroatoms. The van der Waals surface area contributed by atoms with Crippen molar-refractivity contribution in [3.8, 4) is 0 Å². The van der Waals surface area contributed by atoms with Gasteiger partial charge >= 0.3 is 0 Å². The number of rotatable bonds is 2. The third kappa shape index (κ3) is 2.13. The monoisotopic (exact) mass is 196 g/mol. The molecule has 0 aliphatic heterocycles. The zero-order valence-electron chi connectivity index (χ0n) is 8.08. The molecule has 0 saturated heterocycles. The number of aromatic nitrogens is 2. The first-order valence-corrected chi connectivity index (χ1v) is 5.07. The van der Waals surface area contributed by atoms with Crippen molar-refractivity contribution in [2.75, 3.05) is 0 Å². The van der Waals surface area contributed by atoms with Gasteiger partial charge in [-0.25, -0.2) is 4.98 Å². The first-order valence-electron chi connectivity index (χ1n) is 5.07. The fourth-order valence-corrected chi connectivity index (χ4v) is 2.07. The number of aliphatic hydroxyl groups excluding tert-OH is 2. The van der Waals surface area contributed by atoms with Gasteiger partial charge < -0.3 is 14.8 Å². The maximum Gasteiger partial charge on any atom is 0.0945 e. The van der Waals surface area contributed by atoms with Crippen LogP contribution >= 0.6 is 0 Å². The second-order valence-corrected chi connectivity index (χ2v) is 4.07. The van der Waals surface area contributed by atoms with Crippen molar-refractivity contribution in [2.45, 2.75) is 38.0 Å². The van der Waals surface area contributed by atoms with Crippen LogP contribution in [0.5, 0.6) is 0 Å². The Morgan fingerprint density at radius 1 is 1.29 bits per heavy atom. The number of imidazole rings is 1. The molecule has 1 fully saturated rings. The Hall–Kier alpha value is -0.870. The van der Waals surface area contributed by atoms with Crippen LogP contribution in [0.2, 0.25) is 0 Å². The van der Waals surface area contributed by atoms with E-state index in [1.54, 1.807) is 12.5 Å². The molecular formula is C10H16N2O2. The molecule has 0 amide bonds. The highest BCUT2D eigenvalue weighted by molar-refractivity contribution is 4.82. The zero-order chi connectivity index (χ0) is 9.97. The Bertz CT molecular complexity index is 274. The van der Waals surface area contributed by atoms with E-state index < -0.39 is 12.2 Å². The van der Waals surface area contributed by atoms with E-state index in [0.29, 0.717) is 18.8 Å². The van der Waals surface area contributed by atoms with Crippen molar-refractivity contribution in [1.29, 1.82) is 0 Å². The molecule has 1 aromatic heterocycles. The molecule has 0 aromatic carbocycles. The quantitative estimate of drug-likeness (QED) is 0.720. The maximum absolute atomic E-state index is 9.50. The Balaban J connectivity index is 1.88. The van der Waals surface area contributed by atoms with E-state index in [2.05, 4.69) is 4.98 Å². The van der Waals surface area contributed by atoms with Crippen LogP contribution in [0.15, 0.2) is 18.7 Å². The van der Waals surface area contributed by atoms with Gasteiger partial charge in [-0.1, -0.05) is 0 Å². The molecule has 3 atom stereocenters. The van der Waals surface area contributed by atoms with Crippen LogP contribution in [0.3, 0.4) is 0 Å². The molecule has 14 heavy (non-hydrogen) atoms. The number of nitrogens with zero attached hydrogens (tertiary/aromatic N) is 2. The van der Waals surface area contributed by atoms with Gasteiger partial charge in [-0.15, -0.1) is 0 Å². The van der Waals surface area contributed by atoms with Gasteiger partial charge in [-0.2, -0.15) is 0 Å². The minimum Gasteiger partial charge on any atom is -0.390 e. The molecule has 1 aromatic rings. The van der Waals surface area contributed by atoms with E-state index in [0.717, 1.165) is 13.0 Å². The van der Waals surface area contributed by atoms with Crippen molar-refractivity contribution in [2.24, 2.45) is 5.92 Å². The summed E-state index contributed by atoms with van der Waals surface area (Å²) in [5.41, 5.74) is 0. The Morgan fingerprint density at radius 2 is 2.14 bits per heavy atom. The maximum atomic E-state index is 9.50. The van der Waals surface area contributed by atoms with Gasteiger partial charge in [0.2, 0.25) is 0 Å². The van der Waals surface area contributed by atoms with E-state index in [-0.39, 0.29) is 0 Å². The highest BCUT2D eigenvalue weighted by Crippen LogP contribution is 2.25. The van der Waals surface area contributed by atoms with Gasteiger partial charge in [0.25, 0.3) is 0 Å². The SMILES string of the molecule is OC1CCC(Cn2ccnc2)CC1O. The smallest absolute Gasteiger partial charge is 0.0945 e. The predicted molar refractivity (Wildman–Crippen MR) is 51.6 cm³/mol. The number of hydrogen-bond donors (Lipinski definition) is 2. The summed E-state index contributed by atoms with van der Waals surface area (Å²) in [5, 5.41) is 18.9. The third-order valence-electron chi connectivity index (χ3n) is 2.92. The average Bonchev–Trinajstić information content (AvgIpc) is 2.64. The molecular weight excluding hydrogens is 180 g/mol. The van der Waals surface area contributed by atoms with Gasteiger partial charge in [0.1, 0.15) is 0 Å². The highest BCUT2D eigenvalue weighted by Gasteiger charge is 2.27. The first-order chi connectivity index (χ1) is 6.75. The van der Waals surface area contributed by atoms with Crippen LogP contribution < -0.4 is 0 Å². The van der Waals surface area contributed by atoms with E-state index in [4.69, 9.17) is 0 Å². The van der Waals surface area contributed by atoms with Crippen molar-refractivity contribution in [3.63, 3.8) is 0 Å². The molecule has 1 heterocycles. The van der Waals surface area contributed by atoms with E-state index in [9.17, 15) is 10.2 Å². The van der Waals surface area contributed by atoms with Crippen LogP contribution in [0.25, 0.3) is 0 Å². The summed E-state index contributed by atoms with van der Waals surface area (Å²) in [5.74, 6) is 0.461. The molecule has 0 spiro atoms. The molecule has 4 nitrogen and oxygen atoms in total. The van der Waals surface area contributed by atoms with Gasteiger partial charge in [-0.3, -0.25) is 0 Å². The van der Waals surface area contributed by atoms with Crippen LogP contribution in [-0.2, 0) is 6.54 Å². The largest absolute Gasteiger partial charge is 0.390 e. The van der Waals surface area contributed by atoms with Gasteiger partial charge in [0, 0.05) is 18.9 Å². The molecule has 1 saturated carbocycles. The standard InChI is InChI=1S/C10H16N2O2/c13-9-2-1-8(5-10(9)14)6-12-4-3-11-7-12/h3-4,7-10,13-14H,1-2,5-6H2. The normalized spacial score (nSPS) is 33.1. The lowest BCUT2D eigenvalue weighted by atomic mass is 9.85. The summed E-state index contributed by atoms with van der Waals surface area (Å²) in [7, 11) is 0. The van der Waals surface area contributed by atoms with E-state index in [1.165, 1.54) is 0 Å². The fourth-order valence-electron chi connectivity index (χ4n) is 2.07. The van der Waals surface area contributed by atoms with E-state index >= 15 is 0 Å². The lowest BCUT2D eigenvalue weighted by Gasteiger charge is -2.30. The summed E-state index contributed by atoms with van der Waals surface area (Å²) < 4.78 is 2.02. The van der Waals surface area contributed by atoms with Gasteiger partial charge in [0.05, 0.1) is 18.5 Å².